The van der Waals surface area contributed by atoms with Crippen LogP contribution in [0.1, 0.15) is 23.3 Å². The van der Waals surface area contributed by atoms with Crippen LogP contribution in [0, 0.1) is 0 Å². The molecule has 0 radical (unpaired) electrons. The second-order valence-electron chi connectivity index (χ2n) is 6.16. The number of hydrogen-bond donors (Lipinski definition) is 0. The molecular formula is C19H17BrN4O2S. The predicted molar refractivity (Wildman–Crippen MR) is 108 cm³/mol. The van der Waals surface area contributed by atoms with Crippen LogP contribution in [0.4, 0.5) is 5.13 Å². The first-order valence-electron chi connectivity index (χ1n) is 8.61. The second-order valence-corrected chi connectivity index (χ2v) is 7.92. The van der Waals surface area contributed by atoms with Crippen molar-refractivity contribution in [2.24, 2.45) is 0 Å². The Kier molecular flexibility index (Phi) is 5.56. The Bertz CT molecular complexity index is 911. The van der Waals surface area contributed by atoms with Gasteiger partial charge in [0.2, 0.25) is 0 Å². The van der Waals surface area contributed by atoms with Gasteiger partial charge in [-0.25, -0.2) is 9.97 Å². The summed E-state index contributed by atoms with van der Waals surface area (Å²) in [7, 11) is 0. The SMILES string of the molecule is O=C(c1cnccn1)N(CC1CCCO1)c1nc(-c2ccc(Br)cc2)cs1. The molecule has 1 fully saturated rings. The zero-order chi connectivity index (χ0) is 18.6. The molecule has 0 N–H and O–H groups in total. The monoisotopic (exact) mass is 444 g/mol. The fourth-order valence-electron chi connectivity index (χ4n) is 2.93. The molecular weight excluding hydrogens is 428 g/mol. The van der Waals surface area contributed by atoms with E-state index >= 15 is 0 Å². The van der Waals surface area contributed by atoms with E-state index in [1.165, 1.54) is 23.7 Å². The highest BCUT2D eigenvalue weighted by atomic mass is 79.9. The highest BCUT2D eigenvalue weighted by Crippen LogP contribution is 2.30. The van der Waals surface area contributed by atoms with Crippen LogP contribution in [0.25, 0.3) is 11.3 Å². The fraction of sp³-hybridized carbons (Fsp3) is 0.263. The van der Waals surface area contributed by atoms with E-state index < -0.39 is 0 Å². The number of hydrogen-bond acceptors (Lipinski definition) is 6. The van der Waals surface area contributed by atoms with Crippen molar-refractivity contribution < 1.29 is 9.53 Å². The molecule has 0 bridgehead atoms. The maximum absolute atomic E-state index is 13.1. The van der Waals surface area contributed by atoms with Crippen molar-refractivity contribution in [3.63, 3.8) is 0 Å². The quantitative estimate of drug-likeness (QED) is 0.589. The summed E-state index contributed by atoms with van der Waals surface area (Å²) in [6.07, 6.45) is 6.53. The molecule has 1 amide bonds. The van der Waals surface area contributed by atoms with Gasteiger partial charge in [-0.15, -0.1) is 11.3 Å². The van der Waals surface area contributed by atoms with Crippen LogP contribution in [-0.2, 0) is 4.74 Å². The lowest BCUT2D eigenvalue weighted by Gasteiger charge is -2.22. The molecule has 4 rings (SSSR count). The first-order chi connectivity index (χ1) is 13.2. The number of anilines is 1. The molecule has 8 heteroatoms. The van der Waals surface area contributed by atoms with E-state index in [9.17, 15) is 4.79 Å². The molecule has 1 aliphatic rings. The molecule has 1 aromatic carbocycles. The average Bonchev–Trinajstić information content (AvgIpc) is 3.39. The predicted octanol–water partition coefficient (Wildman–Crippen LogP) is 4.19. The number of benzene rings is 1. The lowest BCUT2D eigenvalue weighted by atomic mass is 10.2. The Balaban J connectivity index is 1.63. The van der Waals surface area contributed by atoms with Crippen molar-refractivity contribution in [2.75, 3.05) is 18.1 Å². The maximum Gasteiger partial charge on any atom is 0.280 e. The number of halogens is 1. The Morgan fingerprint density at radius 2 is 2.15 bits per heavy atom. The van der Waals surface area contributed by atoms with E-state index in [0.29, 0.717) is 17.4 Å². The van der Waals surface area contributed by atoms with E-state index in [-0.39, 0.29) is 12.0 Å². The summed E-state index contributed by atoms with van der Waals surface area (Å²) in [4.78, 5) is 27.6. The van der Waals surface area contributed by atoms with Gasteiger partial charge in [-0.2, -0.15) is 0 Å². The van der Waals surface area contributed by atoms with Gasteiger partial charge >= 0.3 is 0 Å². The Labute approximate surface area is 169 Å². The zero-order valence-corrected chi connectivity index (χ0v) is 16.8. The van der Waals surface area contributed by atoms with Gasteiger partial charge < -0.3 is 4.74 Å². The molecule has 3 aromatic rings. The van der Waals surface area contributed by atoms with Crippen LogP contribution < -0.4 is 4.90 Å². The molecule has 27 heavy (non-hydrogen) atoms. The van der Waals surface area contributed by atoms with Crippen LogP contribution in [0.2, 0.25) is 0 Å². The average molecular weight is 445 g/mol. The molecule has 0 saturated carbocycles. The van der Waals surface area contributed by atoms with Crippen molar-refractivity contribution >= 4 is 38.3 Å². The zero-order valence-electron chi connectivity index (χ0n) is 14.4. The number of nitrogens with zero attached hydrogens (tertiary/aromatic N) is 4. The highest BCUT2D eigenvalue weighted by molar-refractivity contribution is 9.10. The minimum atomic E-state index is -0.213. The first-order valence-corrected chi connectivity index (χ1v) is 10.3. The molecule has 3 heterocycles. The van der Waals surface area contributed by atoms with Gasteiger partial charge in [0.05, 0.1) is 24.5 Å². The third kappa shape index (κ3) is 4.23. The van der Waals surface area contributed by atoms with Gasteiger partial charge in [-0.05, 0) is 25.0 Å². The third-order valence-electron chi connectivity index (χ3n) is 4.30. The Morgan fingerprint density at radius 1 is 1.30 bits per heavy atom. The number of thiazole rings is 1. The number of carbonyl (C=O) groups excluding carboxylic acids is 1. The van der Waals surface area contributed by atoms with Crippen molar-refractivity contribution in [3.8, 4) is 11.3 Å². The largest absolute Gasteiger partial charge is 0.376 e. The van der Waals surface area contributed by atoms with Crippen molar-refractivity contribution in [3.05, 3.63) is 58.4 Å². The standard InChI is InChI=1S/C19H17BrN4O2S/c20-14-5-3-13(4-6-14)17-12-27-19(23-17)24(11-15-2-1-9-26-15)18(25)16-10-21-7-8-22-16/h3-8,10,12,15H,1-2,9,11H2. The van der Waals surface area contributed by atoms with Crippen LogP contribution in [0.5, 0.6) is 0 Å². The molecule has 1 aliphatic heterocycles. The van der Waals surface area contributed by atoms with Gasteiger partial charge in [0, 0.05) is 34.4 Å². The number of carbonyl (C=O) groups is 1. The van der Waals surface area contributed by atoms with Gasteiger partial charge in [-0.1, -0.05) is 28.1 Å². The van der Waals surface area contributed by atoms with Crippen molar-refractivity contribution in [2.45, 2.75) is 18.9 Å². The summed E-state index contributed by atoms with van der Waals surface area (Å²) < 4.78 is 6.75. The summed E-state index contributed by atoms with van der Waals surface area (Å²) in [6.45, 7) is 1.20. The summed E-state index contributed by atoms with van der Waals surface area (Å²) in [5.74, 6) is -0.213. The van der Waals surface area contributed by atoms with Crippen LogP contribution in [0.15, 0.2) is 52.7 Å². The fourth-order valence-corrected chi connectivity index (χ4v) is 4.04. The minimum Gasteiger partial charge on any atom is -0.376 e. The Morgan fingerprint density at radius 3 is 2.85 bits per heavy atom. The summed E-state index contributed by atoms with van der Waals surface area (Å²) in [6, 6.07) is 7.95. The second kappa shape index (κ2) is 8.24. The van der Waals surface area contributed by atoms with Gasteiger partial charge in [0.1, 0.15) is 5.69 Å². The van der Waals surface area contributed by atoms with Crippen molar-refractivity contribution in [1.29, 1.82) is 0 Å². The van der Waals surface area contributed by atoms with Gasteiger partial charge in [-0.3, -0.25) is 14.7 Å². The lowest BCUT2D eigenvalue weighted by molar-refractivity contribution is 0.0913. The molecule has 138 valence electrons. The van der Waals surface area contributed by atoms with E-state index in [4.69, 9.17) is 9.72 Å². The topological polar surface area (TPSA) is 68.2 Å². The highest BCUT2D eigenvalue weighted by Gasteiger charge is 2.27. The number of rotatable bonds is 5. The minimum absolute atomic E-state index is 0.0191. The smallest absolute Gasteiger partial charge is 0.280 e. The molecule has 1 saturated heterocycles. The normalized spacial score (nSPS) is 16.4. The molecule has 2 aromatic heterocycles. The number of amides is 1. The molecule has 0 aliphatic carbocycles. The van der Waals surface area contributed by atoms with Gasteiger partial charge in [0.25, 0.3) is 5.91 Å². The van der Waals surface area contributed by atoms with E-state index in [2.05, 4.69) is 25.9 Å². The molecule has 1 atom stereocenters. The molecule has 0 spiro atoms. The van der Waals surface area contributed by atoms with Gasteiger partial charge in [0.15, 0.2) is 5.13 Å². The van der Waals surface area contributed by atoms with E-state index in [0.717, 1.165) is 35.2 Å². The molecule has 1 unspecified atom stereocenters. The Hall–Kier alpha value is -2.16. The molecule has 6 nitrogen and oxygen atoms in total. The van der Waals surface area contributed by atoms with E-state index in [1.54, 1.807) is 11.1 Å². The summed E-state index contributed by atoms with van der Waals surface area (Å²) in [5, 5.41) is 2.60. The van der Waals surface area contributed by atoms with Crippen molar-refractivity contribution in [1.82, 2.24) is 15.0 Å². The van der Waals surface area contributed by atoms with Crippen LogP contribution in [0.3, 0.4) is 0 Å². The van der Waals surface area contributed by atoms with E-state index in [1.807, 2.05) is 29.6 Å². The van der Waals surface area contributed by atoms with Crippen LogP contribution in [-0.4, -0.2) is 40.1 Å². The van der Waals surface area contributed by atoms with Crippen LogP contribution >= 0.6 is 27.3 Å². The summed E-state index contributed by atoms with van der Waals surface area (Å²) >= 11 is 4.88. The maximum atomic E-state index is 13.1. The lowest BCUT2D eigenvalue weighted by Crippen LogP contribution is -2.38. The number of aromatic nitrogens is 3. The number of ether oxygens (including phenoxy) is 1. The third-order valence-corrected chi connectivity index (χ3v) is 5.69. The summed E-state index contributed by atoms with van der Waals surface area (Å²) in [5.41, 5.74) is 2.15. The first kappa shape index (κ1) is 18.2.